The van der Waals surface area contributed by atoms with Gasteiger partial charge in [0.2, 0.25) is 5.91 Å². The zero-order valence-corrected chi connectivity index (χ0v) is 11.7. The van der Waals surface area contributed by atoms with Gasteiger partial charge in [0.15, 0.2) is 0 Å². The van der Waals surface area contributed by atoms with Crippen molar-refractivity contribution in [2.45, 2.75) is 19.9 Å². The van der Waals surface area contributed by atoms with E-state index < -0.39 is 0 Å². The van der Waals surface area contributed by atoms with Gasteiger partial charge in [-0.2, -0.15) is 0 Å². The maximum absolute atomic E-state index is 11.6. The monoisotopic (exact) mass is 296 g/mol. The van der Waals surface area contributed by atoms with E-state index in [0.29, 0.717) is 6.54 Å². The van der Waals surface area contributed by atoms with E-state index in [9.17, 15) is 4.79 Å². The highest BCUT2D eigenvalue weighted by Crippen LogP contribution is 2.19. The maximum atomic E-state index is 11.6. The highest BCUT2D eigenvalue weighted by molar-refractivity contribution is 9.10. The number of carbonyl (C=O) groups excluding carboxylic acids is 1. The van der Waals surface area contributed by atoms with Crippen LogP contribution < -0.4 is 10.6 Å². The zero-order chi connectivity index (χ0) is 12.8. The Morgan fingerprint density at radius 3 is 2.82 bits per heavy atom. The molecule has 1 aromatic rings. The van der Waals surface area contributed by atoms with Gasteiger partial charge in [-0.3, -0.25) is 4.79 Å². The summed E-state index contributed by atoms with van der Waals surface area (Å²) >= 11 is 3.43. The summed E-state index contributed by atoms with van der Waals surface area (Å²) in [6.07, 6.45) is 1.66. The van der Waals surface area contributed by atoms with Crippen LogP contribution in [0, 0.1) is 6.92 Å². The molecule has 0 aliphatic carbocycles. The van der Waals surface area contributed by atoms with Crippen molar-refractivity contribution in [3.05, 3.63) is 40.9 Å². The highest BCUT2D eigenvalue weighted by Gasteiger charge is 2.11. The summed E-state index contributed by atoms with van der Waals surface area (Å²) in [6, 6.07) is 5.70. The Morgan fingerprint density at radius 1 is 1.53 bits per heavy atom. The molecule has 1 rings (SSSR count). The molecule has 0 aliphatic heterocycles. The topological polar surface area (TPSA) is 41.1 Å². The van der Waals surface area contributed by atoms with Gasteiger partial charge in [0.1, 0.15) is 6.04 Å². The van der Waals surface area contributed by atoms with Gasteiger partial charge in [0, 0.05) is 16.7 Å². The number of nitrogens with one attached hydrogen (secondary N) is 2. The predicted octanol–water partition coefficient (Wildman–Crippen LogP) is 2.86. The summed E-state index contributed by atoms with van der Waals surface area (Å²) in [6.45, 7) is 7.89. The van der Waals surface area contributed by atoms with Gasteiger partial charge in [-0.05, 0) is 37.6 Å². The molecule has 0 radical (unpaired) electrons. The molecule has 0 saturated carbocycles. The zero-order valence-electron chi connectivity index (χ0n) is 10.1. The standard InChI is InChI=1S/C13H17BrN2O/c1-4-5-15-13(17)10(3)16-12-7-9(2)6-11(14)8-12/h4,6-8,10,16H,1,5H2,2-3H3,(H,15,17). The number of benzene rings is 1. The summed E-state index contributed by atoms with van der Waals surface area (Å²) in [5, 5.41) is 5.91. The second kappa shape index (κ2) is 6.45. The van der Waals surface area contributed by atoms with Crippen LogP contribution in [0.3, 0.4) is 0 Å². The van der Waals surface area contributed by atoms with Crippen molar-refractivity contribution in [3.8, 4) is 0 Å². The Hall–Kier alpha value is -1.29. The van der Waals surface area contributed by atoms with Crippen molar-refractivity contribution >= 4 is 27.5 Å². The lowest BCUT2D eigenvalue weighted by Crippen LogP contribution is -2.37. The molecule has 0 bridgehead atoms. The summed E-state index contributed by atoms with van der Waals surface area (Å²) in [5.74, 6) is -0.0393. The molecule has 0 aromatic heterocycles. The van der Waals surface area contributed by atoms with E-state index in [1.807, 2.05) is 32.0 Å². The molecule has 1 unspecified atom stereocenters. The lowest BCUT2D eigenvalue weighted by atomic mass is 10.2. The second-order valence-corrected chi connectivity index (χ2v) is 4.83. The summed E-state index contributed by atoms with van der Waals surface area (Å²) in [7, 11) is 0. The Labute approximate surface area is 110 Å². The van der Waals surface area contributed by atoms with E-state index in [1.165, 1.54) is 0 Å². The van der Waals surface area contributed by atoms with E-state index in [1.54, 1.807) is 6.08 Å². The third-order valence-corrected chi connectivity index (χ3v) is 2.70. The van der Waals surface area contributed by atoms with Crippen molar-refractivity contribution in [2.24, 2.45) is 0 Å². The average Bonchev–Trinajstić information content (AvgIpc) is 2.24. The third-order valence-electron chi connectivity index (χ3n) is 2.24. The molecule has 0 heterocycles. The minimum atomic E-state index is -0.274. The number of carbonyl (C=O) groups is 1. The average molecular weight is 297 g/mol. The molecule has 3 nitrogen and oxygen atoms in total. The van der Waals surface area contributed by atoms with Crippen molar-refractivity contribution in [1.29, 1.82) is 0 Å². The number of halogens is 1. The Kier molecular flexibility index (Phi) is 5.22. The molecule has 1 atom stereocenters. The molecule has 1 amide bonds. The van der Waals surface area contributed by atoms with Gasteiger partial charge in [0.25, 0.3) is 0 Å². The van der Waals surface area contributed by atoms with Crippen LogP contribution in [0.1, 0.15) is 12.5 Å². The second-order valence-electron chi connectivity index (χ2n) is 3.92. The van der Waals surface area contributed by atoms with Crippen LogP contribution in [-0.4, -0.2) is 18.5 Å². The molecular formula is C13H17BrN2O. The van der Waals surface area contributed by atoms with Crippen LogP contribution >= 0.6 is 15.9 Å². The molecule has 1 aromatic carbocycles. The lowest BCUT2D eigenvalue weighted by Gasteiger charge is -2.15. The van der Waals surface area contributed by atoms with Crippen LogP contribution in [-0.2, 0) is 4.79 Å². The molecule has 0 saturated heterocycles. The molecule has 17 heavy (non-hydrogen) atoms. The van der Waals surface area contributed by atoms with Gasteiger partial charge in [-0.15, -0.1) is 6.58 Å². The minimum absolute atomic E-state index is 0.0393. The predicted molar refractivity (Wildman–Crippen MR) is 75.2 cm³/mol. The Balaban J connectivity index is 2.63. The first-order chi connectivity index (χ1) is 8.02. The van der Waals surface area contributed by atoms with Gasteiger partial charge >= 0.3 is 0 Å². The van der Waals surface area contributed by atoms with Crippen LogP contribution in [0.4, 0.5) is 5.69 Å². The van der Waals surface area contributed by atoms with Crippen LogP contribution in [0.5, 0.6) is 0 Å². The Morgan fingerprint density at radius 2 is 2.24 bits per heavy atom. The number of hydrogen-bond acceptors (Lipinski definition) is 2. The fourth-order valence-corrected chi connectivity index (χ4v) is 2.07. The molecule has 4 heteroatoms. The van der Waals surface area contributed by atoms with Gasteiger partial charge in [-0.25, -0.2) is 0 Å². The first kappa shape index (κ1) is 13.8. The van der Waals surface area contributed by atoms with E-state index in [4.69, 9.17) is 0 Å². The van der Waals surface area contributed by atoms with Crippen molar-refractivity contribution < 1.29 is 4.79 Å². The number of amides is 1. The van der Waals surface area contributed by atoms with Gasteiger partial charge in [0.05, 0.1) is 0 Å². The van der Waals surface area contributed by atoms with Crippen LogP contribution in [0.15, 0.2) is 35.3 Å². The summed E-state index contributed by atoms with van der Waals surface area (Å²) < 4.78 is 0.999. The largest absolute Gasteiger partial charge is 0.374 e. The van der Waals surface area contributed by atoms with Crippen molar-refractivity contribution in [2.75, 3.05) is 11.9 Å². The van der Waals surface area contributed by atoms with Gasteiger partial charge < -0.3 is 10.6 Å². The van der Waals surface area contributed by atoms with E-state index >= 15 is 0 Å². The van der Waals surface area contributed by atoms with Gasteiger partial charge in [-0.1, -0.05) is 22.0 Å². The fraction of sp³-hybridized carbons (Fsp3) is 0.308. The number of hydrogen-bond donors (Lipinski definition) is 2. The molecule has 2 N–H and O–H groups in total. The summed E-state index contributed by atoms with van der Waals surface area (Å²) in [5.41, 5.74) is 2.07. The van der Waals surface area contributed by atoms with E-state index in [-0.39, 0.29) is 11.9 Å². The highest BCUT2D eigenvalue weighted by atomic mass is 79.9. The smallest absolute Gasteiger partial charge is 0.242 e. The van der Waals surface area contributed by atoms with Crippen molar-refractivity contribution in [3.63, 3.8) is 0 Å². The number of anilines is 1. The molecule has 0 aliphatic rings. The minimum Gasteiger partial charge on any atom is -0.374 e. The van der Waals surface area contributed by atoms with E-state index in [0.717, 1.165) is 15.7 Å². The normalized spacial score (nSPS) is 11.7. The van der Waals surface area contributed by atoms with Crippen LogP contribution in [0.2, 0.25) is 0 Å². The Bertz CT molecular complexity index is 398. The molecule has 92 valence electrons. The quantitative estimate of drug-likeness (QED) is 0.821. The lowest BCUT2D eigenvalue weighted by molar-refractivity contribution is -0.121. The number of rotatable bonds is 5. The fourth-order valence-electron chi connectivity index (χ4n) is 1.46. The third kappa shape index (κ3) is 4.61. The first-order valence-electron chi connectivity index (χ1n) is 5.45. The number of aryl methyl sites for hydroxylation is 1. The summed E-state index contributed by atoms with van der Waals surface area (Å²) in [4.78, 5) is 11.6. The van der Waals surface area contributed by atoms with E-state index in [2.05, 4.69) is 33.1 Å². The molecule has 0 fully saturated rings. The van der Waals surface area contributed by atoms with Crippen molar-refractivity contribution in [1.82, 2.24) is 5.32 Å². The molecular weight excluding hydrogens is 280 g/mol. The van der Waals surface area contributed by atoms with Crippen LogP contribution in [0.25, 0.3) is 0 Å². The SMILES string of the molecule is C=CCNC(=O)C(C)Nc1cc(C)cc(Br)c1. The molecule has 0 spiro atoms. The first-order valence-corrected chi connectivity index (χ1v) is 6.24. The maximum Gasteiger partial charge on any atom is 0.242 e.